The molecule has 2 aromatic carbocycles. The van der Waals surface area contributed by atoms with Gasteiger partial charge in [0.1, 0.15) is 11.6 Å². The Morgan fingerprint density at radius 3 is 2.60 bits per heavy atom. The van der Waals surface area contributed by atoms with Gasteiger partial charge in [0.05, 0.1) is 11.6 Å². The molecular formula is C17H15FN4O2S. The van der Waals surface area contributed by atoms with E-state index in [0.29, 0.717) is 22.6 Å². The van der Waals surface area contributed by atoms with Crippen LogP contribution in [0.1, 0.15) is 11.1 Å². The highest BCUT2D eigenvalue weighted by Crippen LogP contribution is 2.13. The van der Waals surface area contributed by atoms with E-state index in [1.54, 1.807) is 43.3 Å². The maximum absolute atomic E-state index is 13.4. The summed E-state index contributed by atoms with van der Waals surface area (Å²) < 4.78 is 18.7. The van der Waals surface area contributed by atoms with E-state index in [0.717, 1.165) is 0 Å². The third kappa shape index (κ3) is 5.75. The van der Waals surface area contributed by atoms with E-state index in [9.17, 15) is 9.18 Å². The fourth-order valence-electron chi connectivity index (χ4n) is 1.77. The van der Waals surface area contributed by atoms with E-state index >= 15 is 0 Å². The van der Waals surface area contributed by atoms with E-state index in [1.165, 1.54) is 6.07 Å². The molecule has 0 atom stereocenters. The molecule has 0 saturated carbocycles. The molecule has 0 saturated heterocycles. The van der Waals surface area contributed by atoms with Gasteiger partial charge in [0, 0.05) is 5.69 Å². The van der Waals surface area contributed by atoms with E-state index in [1.807, 2.05) is 6.07 Å². The van der Waals surface area contributed by atoms with Gasteiger partial charge in [-0.15, -0.1) is 0 Å². The number of nitriles is 1. The number of nitrogens with one attached hydrogen (secondary N) is 3. The number of hydrogen-bond donors (Lipinski definition) is 3. The van der Waals surface area contributed by atoms with E-state index < -0.39 is 5.91 Å². The lowest BCUT2D eigenvalue weighted by molar-refractivity contribution is -0.123. The number of ether oxygens (including phenoxy) is 1. The van der Waals surface area contributed by atoms with Crippen molar-refractivity contribution < 1.29 is 13.9 Å². The molecule has 0 radical (unpaired) electrons. The Morgan fingerprint density at radius 1 is 1.24 bits per heavy atom. The van der Waals surface area contributed by atoms with Crippen LogP contribution < -0.4 is 20.9 Å². The fraction of sp³-hybridized carbons (Fsp3) is 0.118. The van der Waals surface area contributed by atoms with Gasteiger partial charge < -0.3 is 10.1 Å². The van der Waals surface area contributed by atoms with Crippen LogP contribution in [0.3, 0.4) is 0 Å². The van der Waals surface area contributed by atoms with Gasteiger partial charge in [-0.1, -0.05) is 6.07 Å². The first-order chi connectivity index (χ1) is 12.0. The smallest absolute Gasteiger partial charge is 0.276 e. The molecule has 6 nitrogen and oxygen atoms in total. The Kier molecular flexibility index (Phi) is 6.26. The van der Waals surface area contributed by atoms with Crippen molar-refractivity contribution in [3.63, 3.8) is 0 Å². The molecule has 128 valence electrons. The van der Waals surface area contributed by atoms with Gasteiger partial charge in [-0.2, -0.15) is 5.26 Å². The number of carbonyl (C=O) groups excluding carboxylic acids is 1. The molecule has 0 aromatic heterocycles. The van der Waals surface area contributed by atoms with Crippen molar-refractivity contribution in [1.82, 2.24) is 10.9 Å². The summed E-state index contributed by atoms with van der Waals surface area (Å²) in [5, 5.41) is 11.6. The number of anilines is 1. The van der Waals surface area contributed by atoms with Gasteiger partial charge >= 0.3 is 0 Å². The number of benzene rings is 2. The van der Waals surface area contributed by atoms with Crippen molar-refractivity contribution >= 4 is 28.9 Å². The Morgan fingerprint density at radius 2 is 1.96 bits per heavy atom. The second-order valence-corrected chi connectivity index (χ2v) is 5.42. The highest BCUT2D eigenvalue weighted by molar-refractivity contribution is 7.80. The van der Waals surface area contributed by atoms with Crippen LogP contribution in [0.25, 0.3) is 0 Å². The first-order valence-electron chi connectivity index (χ1n) is 7.23. The highest BCUT2D eigenvalue weighted by atomic mass is 32.1. The number of amides is 1. The first kappa shape index (κ1) is 18.2. The lowest BCUT2D eigenvalue weighted by Gasteiger charge is -2.12. The molecule has 2 aromatic rings. The van der Waals surface area contributed by atoms with Crippen molar-refractivity contribution in [3.8, 4) is 11.8 Å². The van der Waals surface area contributed by atoms with E-state index in [2.05, 4.69) is 16.2 Å². The summed E-state index contributed by atoms with van der Waals surface area (Å²) in [6, 6.07) is 12.9. The Labute approximate surface area is 149 Å². The number of thiocarbonyl (C=S) groups is 1. The lowest BCUT2D eigenvalue weighted by Crippen LogP contribution is -2.45. The molecule has 0 spiro atoms. The largest absolute Gasteiger partial charge is 0.484 e. The van der Waals surface area contributed by atoms with Gasteiger partial charge in [-0.3, -0.25) is 15.6 Å². The van der Waals surface area contributed by atoms with Crippen LogP contribution >= 0.6 is 12.2 Å². The molecule has 1 amide bonds. The number of halogens is 1. The average molecular weight is 358 g/mol. The summed E-state index contributed by atoms with van der Waals surface area (Å²) in [5.41, 5.74) is 6.34. The minimum Gasteiger partial charge on any atom is -0.484 e. The Bertz CT molecular complexity index is 818. The number of hydrogen-bond acceptors (Lipinski definition) is 4. The number of nitrogens with zero attached hydrogens (tertiary/aromatic N) is 1. The van der Waals surface area contributed by atoms with Gasteiger partial charge in [-0.05, 0) is 61.1 Å². The second kappa shape index (κ2) is 8.61. The monoisotopic (exact) mass is 358 g/mol. The van der Waals surface area contributed by atoms with Gasteiger partial charge in [0.25, 0.3) is 5.91 Å². The minimum atomic E-state index is -0.455. The summed E-state index contributed by atoms with van der Waals surface area (Å²) in [6.07, 6.45) is 0. The van der Waals surface area contributed by atoms with Gasteiger partial charge in [0.15, 0.2) is 11.7 Å². The van der Waals surface area contributed by atoms with Crippen molar-refractivity contribution in [2.45, 2.75) is 6.92 Å². The summed E-state index contributed by atoms with van der Waals surface area (Å²) in [7, 11) is 0. The molecule has 0 bridgehead atoms. The number of aryl methyl sites for hydroxylation is 1. The molecule has 2 rings (SSSR count). The quantitative estimate of drug-likeness (QED) is 0.575. The average Bonchev–Trinajstić information content (AvgIpc) is 2.61. The van der Waals surface area contributed by atoms with Crippen molar-refractivity contribution in [3.05, 3.63) is 59.4 Å². The summed E-state index contributed by atoms with van der Waals surface area (Å²) in [4.78, 5) is 11.7. The third-order valence-corrected chi connectivity index (χ3v) is 3.30. The van der Waals surface area contributed by atoms with Gasteiger partial charge in [-0.25, -0.2) is 4.39 Å². The molecule has 3 N–H and O–H groups in total. The molecule has 0 heterocycles. The van der Waals surface area contributed by atoms with Crippen molar-refractivity contribution in [2.24, 2.45) is 0 Å². The highest BCUT2D eigenvalue weighted by Gasteiger charge is 2.05. The van der Waals surface area contributed by atoms with Crippen LogP contribution in [-0.2, 0) is 4.79 Å². The van der Waals surface area contributed by atoms with Crippen LogP contribution in [0, 0.1) is 24.1 Å². The molecule has 0 aliphatic carbocycles. The molecule has 0 aliphatic heterocycles. The lowest BCUT2D eigenvalue weighted by atomic mass is 10.2. The summed E-state index contributed by atoms with van der Waals surface area (Å²) in [6.45, 7) is 1.42. The third-order valence-electron chi connectivity index (χ3n) is 3.10. The maximum atomic E-state index is 13.4. The molecule has 0 fully saturated rings. The second-order valence-electron chi connectivity index (χ2n) is 5.02. The van der Waals surface area contributed by atoms with E-state index in [-0.39, 0.29) is 17.5 Å². The Balaban J connectivity index is 1.74. The molecular weight excluding hydrogens is 343 g/mol. The zero-order valence-electron chi connectivity index (χ0n) is 13.3. The van der Waals surface area contributed by atoms with Crippen LogP contribution in [-0.4, -0.2) is 17.6 Å². The number of rotatable bonds is 4. The van der Waals surface area contributed by atoms with Crippen molar-refractivity contribution in [2.75, 3.05) is 11.9 Å². The molecule has 0 unspecified atom stereocenters. The fourth-order valence-corrected chi connectivity index (χ4v) is 1.94. The predicted molar refractivity (Wildman–Crippen MR) is 95.3 cm³/mol. The standard InChI is InChI=1S/C17H15FN4O2S/c1-11-2-5-13(8-15(11)18)20-17(25)22-21-16(23)10-24-14-6-3-12(9-19)4-7-14/h2-8H,10H2,1H3,(H,21,23)(H2,20,22,25). The number of carbonyl (C=O) groups is 1. The van der Waals surface area contributed by atoms with Crippen LogP contribution in [0.5, 0.6) is 5.75 Å². The minimum absolute atomic E-state index is 0.106. The number of hydrazine groups is 1. The summed E-state index contributed by atoms with van der Waals surface area (Å²) >= 11 is 5.01. The van der Waals surface area contributed by atoms with Crippen LogP contribution in [0.2, 0.25) is 0 Å². The Hall–Kier alpha value is -3.18. The van der Waals surface area contributed by atoms with Crippen molar-refractivity contribution in [1.29, 1.82) is 5.26 Å². The SMILES string of the molecule is Cc1ccc(NC(=S)NNC(=O)COc2ccc(C#N)cc2)cc1F. The maximum Gasteiger partial charge on any atom is 0.276 e. The van der Waals surface area contributed by atoms with Gasteiger partial charge in [0.2, 0.25) is 0 Å². The van der Waals surface area contributed by atoms with Crippen LogP contribution in [0.4, 0.5) is 10.1 Å². The topological polar surface area (TPSA) is 86.2 Å². The molecule has 0 aliphatic rings. The predicted octanol–water partition coefficient (Wildman–Crippen LogP) is 2.40. The van der Waals surface area contributed by atoms with Crippen LogP contribution in [0.15, 0.2) is 42.5 Å². The molecule has 8 heteroatoms. The zero-order valence-corrected chi connectivity index (χ0v) is 14.1. The summed E-state index contributed by atoms with van der Waals surface area (Å²) in [5.74, 6) is -0.346. The normalized spacial score (nSPS) is 9.64. The first-order valence-corrected chi connectivity index (χ1v) is 7.63. The van der Waals surface area contributed by atoms with E-state index in [4.69, 9.17) is 22.2 Å². The zero-order chi connectivity index (χ0) is 18.2. The molecule has 25 heavy (non-hydrogen) atoms.